The Morgan fingerprint density at radius 3 is 2.75 bits per heavy atom. The molecule has 0 aliphatic carbocycles. The van der Waals surface area contributed by atoms with E-state index < -0.39 is 5.97 Å². The van der Waals surface area contributed by atoms with Gasteiger partial charge in [-0.05, 0) is 24.3 Å². The largest absolute Gasteiger partial charge is 0.486 e. The number of aromatic nitrogens is 1. The van der Waals surface area contributed by atoms with Gasteiger partial charge in [0.25, 0.3) is 0 Å². The van der Waals surface area contributed by atoms with Crippen LogP contribution in [0.1, 0.15) is 10.4 Å². The Morgan fingerprint density at radius 2 is 1.95 bits per heavy atom. The minimum Gasteiger partial charge on any atom is -0.486 e. The quantitative estimate of drug-likeness (QED) is 0.800. The second-order valence-corrected chi connectivity index (χ2v) is 4.33. The molecule has 1 aromatic carbocycles. The highest BCUT2D eigenvalue weighted by molar-refractivity contribution is 5.89. The summed E-state index contributed by atoms with van der Waals surface area (Å²) >= 11 is 0. The zero-order valence-electron chi connectivity index (χ0n) is 10.7. The van der Waals surface area contributed by atoms with Gasteiger partial charge in [0.1, 0.15) is 13.2 Å². The summed E-state index contributed by atoms with van der Waals surface area (Å²) in [5.74, 6) is 0.989. The lowest BCUT2D eigenvalue weighted by molar-refractivity contribution is 0.0109. The number of pyridine rings is 1. The maximum atomic E-state index is 11.8. The number of rotatable bonds is 3. The number of ether oxygens (including phenoxy) is 3. The fourth-order valence-electron chi connectivity index (χ4n) is 1.89. The van der Waals surface area contributed by atoms with Crippen LogP contribution in [0.3, 0.4) is 0 Å². The first-order chi connectivity index (χ1) is 9.83. The predicted molar refractivity (Wildman–Crippen MR) is 70.9 cm³/mol. The van der Waals surface area contributed by atoms with Gasteiger partial charge in [-0.15, -0.1) is 0 Å². The number of hydrogen-bond acceptors (Lipinski definition) is 5. The number of fused-ring (bicyclic) bond motifs is 1. The third-order valence-corrected chi connectivity index (χ3v) is 2.88. The number of esters is 1. The Balaban J connectivity index is 1.57. The number of hydrogen-bond donors (Lipinski definition) is 0. The average Bonchev–Trinajstić information content (AvgIpc) is 2.53. The van der Waals surface area contributed by atoms with Crippen LogP contribution >= 0.6 is 0 Å². The third-order valence-electron chi connectivity index (χ3n) is 2.88. The summed E-state index contributed by atoms with van der Waals surface area (Å²) in [6.45, 7) is 0.510. The van der Waals surface area contributed by atoms with E-state index in [0.717, 1.165) is 0 Å². The molecule has 0 fully saturated rings. The summed E-state index contributed by atoms with van der Waals surface area (Å²) in [5.41, 5.74) is 0.470. The maximum Gasteiger partial charge on any atom is 0.338 e. The van der Waals surface area contributed by atoms with Crippen LogP contribution in [0, 0.1) is 0 Å². The summed E-state index contributed by atoms with van der Waals surface area (Å²) < 4.78 is 16.5. The molecule has 0 radical (unpaired) electrons. The van der Waals surface area contributed by atoms with Gasteiger partial charge in [-0.2, -0.15) is 0 Å². The molecule has 2 heterocycles. The second kappa shape index (κ2) is 5.61. The molecule has 0 saturated carbocycles. The second-order valence-electron chi connectivity index (χ2n) is 4.33. The van der Waals surface area contributed by atoms with E-state index in [2.05, 4.69) is 4.98 Å². The summed E-state index contributed by atoms with van der Waals surface area (Å²) in [6.07, 6.45) is 2.80. The molecule has 0 spiro atoms. The van der Waals surface area contributed by atoms with Gasteiger partial charge in [-0.1, -0.05) is 12.1 Å². The zero-order valence-corrected chi connectivity index (χ0v) is 10.7. The van der Waals surface area contributed by atoms with Crippen molar-refractivity contribution in [2.45, 2.75) is 6.10 Å². The zero-order chi connectivity index (χ0) is 13.8. The van der Waals surface area contributed by atoms with Gasteiger partial charge in [-0.25, -0.2) is 4.79 Å². The van der Waals surface area contributed by atoms with Crippen molar-refractivity contribution in [1.29, 1.82) is 0 Å². The molecule has 1 aliphatic rings. The lowest BCUT2D eigenvalue weighted by Crippen LogP contribution is -2.34. The molecule has 0 amide bonds. The molecule has 1 aromatic heterocycles. The molecule has 3 rings (SSSR count). The molecule has 1 atom stereocenters. The van der Waals surface area contributed by atoms with Crippen molar-refractivity contribution >= 4 is 5.97 Å². The Bertz CT molecular complexity index is 600. The number of carbonyl (C=O) groups is 1. The maximum absolute atomic E-state index is 11.8. The first-order valence-corrected chi connectivity index (χ1v) is 6.28. The third kappa shape index (κ3) is 2.71. The summed E-state index contributed by atoms with van der Waals surface area (Å²) in [7, 11) is 0. The Hall–Kier alpha value is -2.56. The molecule has 5 heteroatoms. The van der Waals surface area contributed by atoms with Crippen molar-refractivity contribution < 1.29 is 19.0 Å². The molecule has 5 nitrogen and oxygen atoms in total. The molecule has 2 aromatic rings. The minimum atomic E-state index is -0.394. The van der Waals surface area contributed by atoms with Crippen molar-refractivity contribution in [3.63, 3.8) is 0 Å². The van der Waals surface area contributed by atoms with E-state index in [-0.39, 0.29) is 12.7 Å². The van der Waals surface area contributed by atoms with E-state index in [1.54, 1.807) is 24.5 Å². The van der Waals surface area contributed by atoms with Gasteiger partial charge in [0, 0.05) is 12.4 Å². The van der Waals surface area contributed by atoms with Gasteiger partial charge in [0.15, 0.2) is 17.6 Å². The highest BCUT2D eigenvalue weighted by atomic mass is 16.6. The van der Waals surface area contributed by atoms with Crippen molar-refractivity contribution in [3.05, 3.63) is 54.4 Å². The molecule has 0 N–H and O–H groups in total. The standard InChI is InChI=1S/C15H13NO4/c17-15(11-5-7-16-8-6-11)19-10-12-9-18-13-3-1-2-4-14(13)20-12/h1-8,12H,9-10H2. The molecular formula is C15H13NO4. The van der Waals surface area contributed by atoms with Gasteiger partial charge in [0.2, 0.25) is 0 Å². The molecule has 20 heavy (non-hydrogen) atoms. The topological polar surface area (TPSA) is 57.7 Å². The van der Waals surface area contributed by atoms with Gasteiger partial charge in [0.05, 0.1) is 5.56 Å². The van der Waals surface area contributed by atoms with Gasteiger partial charge < -0.3 is 14.2 Å². The van der Waals surface area contributed by atoms with Gasteiger partial charge in [-0.3, -0.25) is 4.98 Å². The number of nitrogens with zero attached hydrogens (tertiary/aromatic N) is 1. The molecule has 0 saturated heterocycles. The Kier molecular flexibility index (Phi) is 3.50. The number of benzene rings is 1. The summed E-state index contributed by atoms with van der Waals surface area (Å²) in [4.78, 5) is 15.6. The van der Waals surface area contributed by atoms with E-state index in [1.165, 1.54) is 0 Å². The van der Waals surface area contributed by atoms with Crippen LogP contribution in [0.4, 0.5) is 0 Å². The van der Waals surface area contributed by atoms with Crippen LogP contribution in [0.15, 0.2) is 48.8 Å². The van der Waals surface area contributed by atoms with Crippen LogP contribution < -0.4 is 9.47 Å². The number of carbonyl (C=O) groups excluding carboxylic acids is 1. The molecule has 0 bridgehead atoms. The van der Waals surface area contributed by atoms with Crippen LogP contribution in [0.25, 0.3) is 0 Å². The van der Waals surface area contributed by atoms with E-state index in [0.29, 0.717) is 23.7 Å². The lowest BCUT2D eigenvalue weighted by Gasteiger charge is -2.25. The highest BCUT2D eigenvalue weighted by Crippen LogP contribution is 2.30. The fourth-order valence-corrected chi connectivity index (χ4v) is 1.89. The van der Waals surface area contributed by atoms with E-state index in [4.69, 9.17) is 14.2 Å². The highest BCUT2D eigenvalue weighted by Gasteiger charge is 2.22. The molecule has 1 unspecified atom stereocenters. The van der Waals surface area contributed by atoms with Crippen LogP contribution in [0.2, 0.25) is 0 Å². The molecular weight excluding hydrogens is 258 g/mol. The van der Waals surface area contributed by atoms with Crippen molar-refractivity contribution in [2.75, 3.05) is 13.2 Å². The molecule has 102 valence electrons. The Morgan fingerprint density at radius 1 is 1.20 bits per heavy atom. The normalized spacial score (nSPS) is 16.5. The fraction of sp³-hybridized carbons (Fsp3) is 0.200. The van der Waals surface area contributed by atoms with E-state index in [9.17, 15) is 4.79 Å². The van der Waals surface area contributed by atoms with Gasteiger partial charge >= 0.3 is 5.97 Å². The van der Waals surface area contributed by atoms with E-state index >= 15 is 0 Å². The Labute approximate surface area is 116 Å². The van der Waals surface area contributed by atoms with Crippen molar-refractivity contribution in [1.82, 2.24) is 4.98 Å². The van der Waals surface area contributed by atoms with E-state index in [1.807, 2.05) is 24.3 Å². The monoisotopic (exact) mass is 271 g/mol. The average molecular weight is 271 g/mol. The van der Waals surface area contributed by atoms with Crippen molar-refractivity contribution in [2.24, 2.45) is 0 Å². The van der Waals surface area contributed by atoms with Crippen LogP contribution in [-0.2, 0) is 4.74 Å². The SMILES string of the molecule is O=C(OCC1COc2ccccc2O1)c1ccncc1. The minimum absolute atomic E-state index is 0.148. The summed E-state index contributed by atoms with van der Waals surface area (Å²) in [6, 6.07) is 10.6. The lowest BCUT2D eigenvalue weighted by atomic mass is 10.2. The molecule has 1 aliphatic heterocycles. The van der Waals surface area contributed by atoms with Crippen LogP contribution in [-0.4, -0.2) is 30.3 Å². The first kappa shape index (κ1) is 12.5. The first-order valence-electron chi connectivity index (χ1n) is 6.28. The number of para-hydroxylation sites is 2. The smallest absolute Gasteiger partial charge is 0.338 e. The van der Waals surface area contributed by atoms with Crippen molar-refractivity contribution in [3.8, 4) is 11.5 Å². The van der Waals surface area contributed by atoms with Crippen LogP contribution in [0.5, 0.6) is 11.5 Å². The predicted octanol–water partition coefficient (Wildman–Crippen LogP) is 2.08. The summed E-state index contributed by atoms with van der Waals surface area (Å²) in [5, 5.41) is 0.